The second-order valence-electron chi connectivity index (χ2n) is 7.10. The highest BCUT2D eigenvalue weighted by molar-refractivity contribution is 8.00. The summed E-state index contributed by atoms with van der Waals surface area (Å²) >= 11 is 1.15. The van der Waals surface area contributed by atoms with Gasteiger partial charge in [-0.25, -0.2) is 8.42 Å². The number of nitrogens with zero attached hydrogens (tertiary/aromatic N) is 2. The van der Waals surface area contributed by atoms with Crippen molar-refractivity contribution in [1.82, 2.24) is 10.2 Å². The maximum Gasteiger partial charge on any atom is 0.277 e. The third-order valence-electron chi connectivity index (χ3n) is 4.26. The molecule has 0 unspecified atom stereocenters. The fraction of sp³-hybridized carbons (Fsp3) is 0.286. The Balaban J connectivity index is 1.58. The number of anilines is 1. The molecule has 0 saturated heterocycles. The third-order valence-corrected chi connectivity index (χ3v) is 5.80. The summed E-state index contributed by atoms with van der Waals surface area (Å²) in [5.74, 6) is 0.936. The second kappa shape index (κ2) is 9.52. The lowest BCUT2D eigenvalue weighted by Gasteiger charge is -2.09. The lowest BCUT2D eigenvalue weighted by atomic mass is 10.1. The number of carbonyl (C=O) groups excluding carboxylic acids is 1. The molecule has 0 amide bonds. The summed E-state index contributed by atoms with van der Waals surface area (Å²) in [5.41, 5.74) is 2.95. The van der Waals surface area contributed by atoms with Gasteiger partial charge in [0.15, 0.2) is 12.4 Å². The number of ether oxygens (including phenoxy) is 1. The molecule has 1 N–H and O–H groups in total. The van der Waals surface area contributed by atoms with Gasteiger partial charge in [0, 0.05) is 11.3 Å². The number of thioether (sulfide) groups is 1. The fourth-order valence-corrected chi connectivity index (χ4v) is 4.04. The van der Waals surface area contributed by atoms with Crippen molar-refractivity contribution in [3.63, 3.8) is 0 Å². The molecule has 0 fully saturated rings. The molecule has 0 radical (unpaired) electrons. The average molecular weight is 462 g/mol. The van der Waals surface area contributed by atoms with Crippen LogP contribution in [0.25, 0.3) is 0 Å². The monoisotopic (exact) mass is 461 g/mol. The zero-order chi connectivity index (χ0) is 22.6. The van der Waals surface area contributed by atoms with Gasteiger partial charge in [0.25, 0.3) is 11.1 Å². The van der Waals surface area contributed by atoms with E-state index in [-0.39, 0.29) is 17.6 Å². The molecule has 0 aliphatic rings. The SMILES string of the molecule is Cc1ccc(C)c(OCc2nnc(S[C@H](C)C(=O)c3ccc(NS(C)(=O)=O)cc3)o2)c1. The lowest BCUT2D eigenvalue weighted by Crippen LogP contribution is -2.14. The van der Waals surface area contributed by atoms with E-state index in [2.05, 4.69) is 14.9 Å². The summed E-state index contributed by atoms with van der Waals surface area (Å²) in [4.78, 5) is 12.7. The van der Waals surface area contributed by atoms with Gasteiger partial charge < -0.3 is 9.15 Å². The Morgan fingerprint density at radius 2 is 1.87 bits per heavy atom. The van der Waals surface area contributed by atoms with E-state index in [9.17, 15) is 13.2 Å². The number of hydrogen-bond acceptors (Lipinski definition) is 8. The molecule has 3 aromatic rings. The predicted octanol–water partition coefficient (Wildman–Crippen LogP) is 4.00. The summed E-state index contributed by atoms with van der Waals surface area (Å²) < 4.78 is 36.3. The van der Waals surface area contributed by atoms with Gasteiger partial charge in [0.05, 0.1) is 11.5 Å². The number of aryl methyl sites for hydroxylation is 2. The number of hydrogen-bond donors (Lipinski definition) is 1. The van der Waals surface area contributed by atoms with E-state index in [4.69, 9.17) is 9.15 Å². The smallest absolute Gasteiger partial charge is 0.277 e. The maximum atomic E-state index is 12.7. The predicted molar refractivity (Wildman–Crippen MR) is 119 cm³/mol. The van der Waals surface area contributed by atoms with E-state index in [0.717, 1.165) is 34.9 Å². The first-order valence-electron chi connectivity index (χ1n) is 9.42. The van der Waals surface area contributed by atoms with Crippen LogP contribution in [0.3, 0.4) is 0 Å². The van der Waals surface area contributed by atoms with Crippen LogP contribution in [0, 0.1) is 13.8 Å². The largest absolute Gasteiger partial charge is 0.484 e. The van der Waals surface area contributed by atoms with Gasteiger partial charge in [-0.05, 0) is 62.2 Å². The molecule has 1 aromatic heterocycles. The Morgan fingerprint density at radius 3 is 2.55 bits per heavy atom. The van der Waals surface area contributed by atoms with Gasteiger partial charge in [-0.2, -0.15) is 0 Å². The van der Waals surface area contributed by atoms with Gasteiger partial charge in [0.1, 0.15) is 5.75 Å². The maximum absolute atomic E-state index is 12.7. The van der Waals surface area contributed by atoms with Crippen molar-refractivity contribution in [2.24, 2.45) is 0 Å². The van der Waals surface area contributed by atoms with Crippen LogP contribution in [0.4, 0.5) is 5.69 Å². The van der Waals surface area contributed by atoms with Crippen molar-refractivity contribution in [2.75, 3.05) is 11.0 Å². The highest BCUT2D eigenvalue weighted by Gasteiger charge is 2.20. The van der Waals surface area contributed by atoms with Crippen LogP contribution in [0.1, 0.15) is 34.3 Å². The number of benzene rings is 2. The molecule has 10 heteroatoms. The van der Waals surface area contributed by atoms with E-state index in [1.54, 1.807) is 31.2 Å². The van der Waals surface area contributed by atoms with Crippen LogP contribution >= 0.6 is 11.8 Å². The minimum Gasteiger partial charge on any atom is -0.484 e. The Kier molecular flexibility index (Phi) is 7.01. The first kappa shape index (κ1) is 22.8. The molecule has 1 atom stereocenters. The number of ketones is 1. The molecule has 31 heavy (non-hydrogen) atoms. The molecule has 0 aliphatic carbocycles. The highest BCUT2D eigenvalue weighted by Crippen LogP contribution is 2.26. The molecule has 2 aromatic carbocycles. The summed E-state index contributed by atoms with van der Waals surface area (Å²) in [6.07, 6.45) is 1.07. The quantitative estimate of drug-likeness (QED) is 0.376. The molecular weight excluding hydrogens is 438 g/mol. The molecule has 164 valence electrons. The zero-order valence-corrected chi connectivity index (χ0v) is 19.2. The first-order chi connectivity index (χ1) is 14.6. The fourth-order valence-electron chi connectivity index (χ4n) is 2.70. The molecular formula is C21H23N3O5S2. The van der Waals surface area contributed by atoms with Gasteiger partial charge >= 0.3 is 0 Å². The summed E-state index contributed by atoms with van der Waals surface area (Å²) in [7, 11) is -3.37. The number of Topliss-reactive ketones (excluding diaryl/α,β-unsaturated/α-hetero) is 1. The van der Waals surface area contributed by atoms with Crippen LogP contribution in [0.5, 0.6) is 5.75 Å². The van der Waals surface area contributed by atoms with E-state index in [1.165, 1.54) is 0 Å². The minimum atomic E-state index is -3.37. The van der Waals surface area contributed by atoms with Crippen molar-refractivity contribution < 1.29 is 22.4 Å². The molecule has 8 nitrogen and oxygen atoms in total. The van der Waals surface area contributed by atoms with Gasteiger partial charge in [-0.3, -0.25) is 9.52 Å². The summed E-state index contributed by atoms with van der Waals surface area (Å²) in [6, 6.07) is 12.2. The number of aromatic nitrogens is 2. The molecule has 1 heterocycles. The number of carbonyl (C=O) groups is 1. The Labute approximate surface area is 185 Å². The summed E-state index contributed by atoms with van der Waals surface area (Å²) in [6.45, 7) is 5.82. The van der Waals surface area contributed by atoms with Crippen LogP contribution in [0.15, 0.2) is 52.1 Å². The molecule has 0 saturated carbocycles. The highest BCUT2D eigenvalue weighted by atomic mass is 32.2. The van der Waals surface area contributed by atoms with E-state index >= 15 is 0 Å². The third kappa shape index (κ3) is 6.56. The Hall–Kier alpha value is -2.85. The standard InChI is InChI=1S/C21H23N3O5S2/c1-13-5-6-14(2)18(11-13)28-12-19-22-23-21(29-19)30-15(3)20(25)16-7-9-17(10-8-16)24-31(4,26)27/h5-11,15,24H,12H2,1-4H3/t15-/m1/s1. The first-order valence-corrected chi connectivity index (χ1v) is 12.2. The number of sulfonamides is 1. The van der Waals surface area contributed by atoms with Gasteiger partial charge in [-0.15, -0.1) is 10.2 Å². The minimum absolute atomic E-state index is 0.134. The summed E-state index contributed by atoms with van der Waals surface area (Å²) in [5, 5.41) is 7.75. The van der Waals surface area contributed by atoms with Crippen molar-refractivity contribution in [3.05, 3.63) is 65.0 Å². The topological polar surface area (TPSA) is 111 Å². The van der Waals surface area contributed by atoms with Crippen LogP contribution in [-0.4, -0.2) is 35.9 Å². The Bertz CT molecular complexity index is 1170. The van der Waals surface area contributed by atoms with E-state index in [0.29, 0.717) is 17.1 Å². The van der Waals surface area contributed by atoms with Crippen LogP contribution < -0.4 is 9.46 Å². The van der Waals surface area contributed by atoms with Crippen LogP contribution in [0.2, 0.25) is 0 Å². The van der Waals surface area contributed by atoms with Crippen molar-refractivity contribution >= 4 is 33.3 Å². The average Bonchev–Trinajstić information content (AvgIpc) is 3.14. The van der Waals surface area contributed by atoms with E-state index in [1.807, 2.05) is 32.0 Å². The molecule has 3 rings (SSSR count). The van der Waals surface area contributed by atoms with Gasteiger partial charge in [-0.1, -0.05) is 23.9 Å². The Morgan fingerprint density at radius 1 is 1.16 bits per heavy atom. The van der Waals surface area contributed by atoms with Crippen molar-refractivity contribution in [1.29, 1.82) is 0 Å². The van der Waals surface area contributed by atoms with Crippen LogP contribution in [-0.2, 0) is 16.6 Å². The number of nitrogens with one attached hydrogen (secondary N) is 1. The lowest BCUT2D eigenvalue weighted by molar-refractivity contribution is 0.0993. The number of rotatable bonds is 9. The second-order valence-corrected chi connectivity index (χ2v) is 10.1. The molecule has 0 aliphatic heterocycles. The zero-order valence-electron chi connectivity index (χ0n) is 17.6. The van der Waals surface area contributed by atoms with E-state index < -0.39 is 15.3 Å². The van der Waals surface area contributed by atoms with Crippen molar-refractivity contribution in [3.8, 4) is 5.75 Å². The normalized spacial score (nSPS) is 12.4. The van der Waals surface area contributed by atoms with Crippen molar-refractivity contribution in [2.45, 2.75) is 37.9 Å². The molecule has 0 bridgehead atoms. The molecule has 0 spiro atoms. The van der Waals surface area contributed by atoms with Gasteiger partial charge in [0.2, 0.25) is 10.0 Å².